The summed E-state index contributed by atoms with van der Waals surface area (Å²) in [6, 6.07) is 24.7. The van der Waals surface area contributed by atoms with Crippen LogP contribution in [0.2, 0.25) is 0 Å². The third kappa shape index (κ3) is 5.68. The number of hydrogen-bond donors (Lipinski definition) is 2. The van der Waals surface area contributed by atoms with Crippen molar-refractivity contribution in [3.8, 4) is 0 Å². The maximum Gasteiger partial charge on any atom is 0.251 e. The Morgan fingerprint density at radius 3 is 2.07 bits per heavy atom. The molecular weight excluding hydrogens is 400 g/mol. The van der Waals surface area contributed by atoms with E-state index in [1.165, 1.54) is 10.6 Å². The topological polar surface area (TPSA) is 86.7 Å². The summed E-state index contributed by atoms with van der Waals surface area (Å²) >= 11 is 0. The lowest BCUT2D eigenvalue weighted by Crippen LogP contribution is -2.29. The van der Waals surface area contributed by atoms with Gasteiger partial charge in [-0.05, 0) is 35.4 Å². The van der Waals surface area contributed by atoms with E-state index in [0.29, 0.717) is 11.3 Å². The van der Waals surface area contributed by atoms with E-state index in [2.05, 4.69) is 5.32 Å². The minimum atomic E-state index is -3.46. The van der Waals surface area contributed by atoms with Crippen LogP contribution < -0.4 is 9.62 Å². The first-order valence-corrected chi connectivity index (χ1v) is 11.3. The van der Waals surface area contributed by atoms with Gasteiger partial charge in [-0.1, -0.05) is 60.7 Å². The van der Waals surface area contributed by atoms with E-state index in [-0.39, 0.29) is 19.0 Å². The van der Waals surface area contributed by atoms with Gasteiger partial charge < -0.3 is 10.4 Å². The zero-order valence-electron chi connectivity index (χ0n) is 16.6. The van der Waals surface area contributed by atoms with Crippen LogP contribution in [-0.4, -0.2) is 32.2 Å². The van der Waals surface area contributed by atoms with Crippen molar-refractivity contribution in [2.75, 3.05) is 17.1 Å². The van der Waals surface area contributed by atoms with E-state index in [0.717, 1.165) is 11.1 Å². The number of rotatable bonds is 8. The highest BCUT2D eigenvalue weighted by Gasteiger charge is 2.18. The molecule has 3 aromatic rings. The normalized spacial score (nSPS) is 12.2. The SMILES string of the molecule is CS(=O)(=O)N(Cc1ccc(C(=O)NC[C@@H](O)c2ccccc2)cc1)c1ccccc1. The number of nitrogens with zero attached hydrogens (tertiary/aromatic N) is 1. The van der Waals surface area contributed by atoms with Crippen molar-refractivity contribution in [2.24, 2.45) is 0 Å². The second-order valence-electron chi connectivity index (χ2n) is 6.94. The molecule has 2 N–H and O–H groups in total. The maximum absolute atomic E-state index is 12.4. The van der Waals surface area contributed by atoms with Crippen molar-refractivity contribution in [2.45, 2.75) is 12.6 Å². The van der Waals surface area contributed by atoms with Gasteiger partial charge in [0.05, 0.1) is 24.6 Å². The van der Waals surface area contributed by atoms with Crippen LogP contribution >= 0.6 is 0 Å². The Labute approximate surface area is 176 Å². The lowest BCUT2D eigenvalue weighted by Gasteiger charge is -2.22. The van der Waals surface area contributed by atoms with Crippen molar-refractivity contribution >= 4 is 21.6 Å². The van der Waals surface area contributed by atoms with Crippen molar-refractivity contribution in [1.29, 1.82) is 0 Å². The summed E-state index contributed by atoms with van der Waals surface area (Å²) in [6.45, 7) is 0.262. The molecular formula is C23H24N2O4S. The number of carbonyl (C=O) groups is 1. The quantitative estimate of drug-likeness (QED) is 0.582. The van der Waals surface area contributed by atoms with Crippen LogP contribution in [0.1, 0.15) is 27.6 Å². The van der Waals surface area contributed by atoms with E-state index in [9.17, 15) is 18.3 Å². The minimum Gasteiger partial charge on any atom is -0.387 e. The Hall–Kier alpha value is -3.16. The standard InChI is InChI=1S/C23H24N2O4S/c1-30(28,29)25(21-10-6-3-7-11-21)17-18-12-14-20(15-13-18)23(27)24-16-22(26)19-8-4-2-5-9-19/h2-15,22,26H,16-17H2,1H3,(H,24,27)/t22-/m1/s1. The molecule has 7 heteroatoms. The fraction of sp³-hybridized carbons (Fsp3) is 0.174. The molecule has 0 bridgehead atoms. The number of hydrogen-bond acceptors (Lipinski definition) is 4. The van der Waals surface area contributed by atoms with Gasteiger partial charge in [-0.25, -0.2) is 8.42 Å². The molecule has 0 aliphatic carbocycles. The average molecular weight is 425 g/mol. The summed E-state index contributed by atoms with van der Waals surface area (Å²) in [7, 11) is -3.46. The van der Waals surface area contributed by atoms with Crippen LogP contribution in [0.3, 0.4) is 0 Å². The van der Waals surface area contributed by atoms with Crippen molar-refractivity contribution in [3.63, 3.8) is 0 Å². The van der Waals surface area contributed by atoms with E-state index in [1.807, 2.05) is 24.3 Å². The molecule has 6 nitrogen and oxygen atoms in total. The molecule has 3 rings (SSSR count). The third-order valence-electron chi connectivity index (χ3n) is 4.63. The number of amides is 1. The van der Waals surface area contributed by atoms with Crippen LogP contribution in [0, 0.1) is 0 Å². The Bertz CT molecular complexity index is 1070. The fourth-order valence-electron chi connectivity index (χ4n) is 3.01. The molecule has 3 aromatic carbocycles. The Kier molecular flexibility index (Phi) is 6.87. The van der Waals surface area contributed by atoms with E-state index in [4.69, 9.17) is 0 Å². The number of nitrogens with one attached hydrogen (secondary N) is 1. The number of anilines is 1. The molecule has 156 valence electrons. The molecule has 0 unspecified atom stereocenters. The highest BCUT2D eigenvalue weighted by molar-refractivity contribution is 7.92. The Balaban J connectivity index is 1.64. The highest BCUT2D eigenvalue weighted by Crippen LogP contribution is 2.20. The van der Waals surface area contributed by atoms with Crippen LogP contribution in [0.5, 0.6) is 0 Å². The number of para-hydroxylation sites is 1. The van der Waals surface area contributed by atoms with Gasteiger partial charge in [0.15, 0.2) is 0 Å². The zero-order valence-corrected chi connectivity index (χ0v) is 17.4. The minimum absolute atomic E-state index is 0.0977. The maximum atomic E-state index is 12.4. The molecule has 0 aliphatic rings. The average Bonchev–Trinajstić information content (AvgIpc) is 2.76. The van der Waals surface area contributed by atoms with Gasteiger partial charge in [-0.15, -0.1) is 0 Å². The molecule has 0 fully saturated rings. The predicted octanol–water partition coefficient (Wildman–Crippen LogP) is 3.12. The lowest BCUT2D eigenvalue weighted by molar-refractivity contribution is 0.0916. The Morgan fingerprint density at radius 1 is 0.933 bits per heavy atom. The number of aliphatic hydroxyl groups excluding tert-OH is 1. The molecule has 1 atom stereocenters. The van der Waals surface area contributed by atoms with Gasteiger partial charge in [0.2, 0.25) is 10.0 Å². The molecule has 0 aliphatic heterocycles. The van der Waals surface area contributed by atoms with Crippen molar-refractivity contribution in [1.82, 2.24) is 5.32 Å². The highest BCUT2D eigenvalue weighted by atomic mass is 32.2. The molecule has 0 heterocycles. The summed E-state index contributed by atoms with van der Waals surface area (Å²) in [5.74, 6) is -0.306. The first-order valence-electron chi connectivity index (χ1n) is 9.47. The van der Waals surface area contributed by atoms with Gasteiger partial charge >= 0.3 is 0 Å². The molecule has 0 saturated carbocycles. The monoisotopic (exact) mass is 424 g/mol. The number of benzene rings is 3. The molecule has 0 radical (unpaired) electrons. The van der Waals surface area contributed by atoms with Crippen molar-refractivity contribution < 1.29 is 18.3 Å². The van der Waals surface area contributed by atoms with Gasteiger partial charge in [0, 0.05) is 12.1 Å². The second-order valence-corrected chi connectivity index (χ2v) is 8.85. The molecule has 0 aromatic heterocycles. The van der Waals surface area contributed by atoms with Crippen LogP contribution in [0.25, 0.3) is 0 Å². The summed E-state index contributed by atoms with van der Waals surface area (Å²) in [6.07, 6.45) is 0.378. The fourth-order valence-corrected chi connectivity index (χ4v) is 3.89. The largest absolute Gasteiger partial charge is 0.387 e. The summed E-state index contributed by atoms with van der Waals surface area (Å²) in [5.41, 5.74) is 2.50. The molecule has 30 heavy (non-hydrogen) atoms. The van der Waals surface area contributed by atoms with Gasteiger partial charge in [-0.3, -0.25) is 9.10 Å². The second kappa shape index (κ2) is 9.56. The zero-order chi connectivity index (χ0) is 21.6. The molecule has 0 spiro atoms. The Morgan fingerprint density at radius 2 is 1.50 bits per heavy atom. The van der Waals surface area contributed by atoms with Gasteiger partial charge in [0.1, 0.15) is 0 Å². The summed E-state index contributed by atoms with van der Waals surface area (Å²) < 4.78 is 25.7. The number of sulfonamides is 1. The van der Waals surface area contributed by atoms with Crippen LogP contribution in [0.4, 0.5) is 5.69 Å². The van der Waals surface area contributed by atoms with E-state index in [1.54, 1.807) is 60.7 Å². The first-order chi connectivity index (χ1) is 14.3. The predicted molar refractivity (Wildman–Crippen MR) is 118 cm³/mol. The van der Waals surface area contributed by atoms with E-state index < -0.39 is 16.1 Å². The third-order valence-corrected chi connectivity index (χ3v) is 5.77. The summed E-state index contributed by atoms with van der Waals surface area (Å²) in [4.78, 5) is 12.4. The van der Waals surface area contributed by atoms with E-state index >= 15 is 0 Å². The van der Waals surface area contributed by atoms with Gasteiger partial charge in [-0.2, -0.15) is 0 Å². The number of aliphatic hydroxyl groups is 1. The van der Waals surface area contributed by atoms with Gasteiger partial charge in [0.25, 0.3) is 5.91 Å². The van der Waals surface area contributed by atoms with Crippen LogP contribution in [-0.2, 0) is 16.6 Å². The van der Waals surface area contributed by atoms with Crippen molar-refractivity contribution in [3.05, 3.63) is 102 Å². The first kappa shape index (κ1) is 21.5. The smallest absolute Gasteiger partial charge is 0.251 e. The molecule has 0 saturated heterocycles. The molecule has 1 amide bonds. The summed E-state index contributed by atoms with van der Waals surface area (Å²) in [5, 5.41) is 12.9. The van der Waals surface area contributed by atoms with Crippen LogP contribution in [0.15, 0.2) is 84.9 Å². The lowest BCUT2D eigenvalue weighted by atomic mass is 10.1. The number of carbonyl (C=O) groups excluding carboxylic acids is 1.